The zero-order chi connectivity index (χ0) is 15.5. The number of Topliss-reactive ketones (excluding diaryl/α,β-unsaturated/α-hetero) is 1. The lowest BCUT2D eigenvalue weighted by molar-refractivity contribution is -0.132. The van der Waals surface area contributed by atoms with Crippen molar-refractivity contribution in [3.8, 4) is 0 Å². The maximum absolute atomic E-state index is 12.2. The van der Waals surface area contributed by atoms with E-state index in [0.29, 0.717) is 23.7 Å². The second kappa shape index (κ2) is 6.95. The highest BCUT2D eigenvalue weighted by atomic mass is 16.5. The Bertz CT molecular complexity index is 497. The van der Waals surface area contributed by atoms with Gasteiger partial charge in [-0.2, -0.15) is 0 Å². The first-order chi connectivity index (χ1) is 10.7. The molecular weight excluding hydrogens is 272 g/mol. The van der Waals surface area contributed by atoms with Crippen LogP contribution in [0.3, 0.4) is 0 Å². The quantitative estimate of drug-likeness (QED) is 0.778. The predicted molar refractivity (Wildman–Crippen MR) is 89.2 cm³/mol. The molecule has 0 N–H and O–H groups in total. The van der Waals surface area contributed by atoms with E-state index in [4.69, 9.17) is 4.74 Å². The number of ether oxygens (including phenoxy) is 1. The maximum atomic E-state index is 12.2. The van der Waals surface area contributed by atoms with Crippen LogP contribution in [-0.2, 0) is 9.53 Å². The van der Waals surface area contributed by atoms with Crippen LogP contribution in [0.5, 0.6) is 0 Å². The van der Waals surface area contributed by atoms with Crippen molar-refractivity contribution in [2.75, 3.05) is 7.11 Å². The number of methoxy groups -OCH3 is 1. The van der Waals surface area contributed by atoms with Gasteiger partial charge in [-0.1, -0.05) is 37.6 Å². The van der Waals surface area contributed by atoms with E-state index in [9.17, 15) is 4.79 Å². The van der Waals surface area contributed by atoms with Crippen LogP contribution in [0.4, 0.5) is 0 Å². The number of rotatable bonds is 5. The number of hydrogen-bond acceptors (Lipinski definition) is 2. The summed E-state index contributed by atoms with van der Waals surface area (Å²) in [6.45, 7) is 2.16. The normalized spacial score (nSPS) is 31.8. The first kappa shape index (κ1) is 15.7. The third-order valence-electron chi connectivity index (χ3n) is 5.72. The first-order valence-electron chi connectivity index (χ1n) is 8.89. The van der Waals surface area contributed by atoms with E-state index in [-0.39, 0.29) is 5.92 Å². The van der Waals surface area contributed by atoms with Crippen LogP contribution in [0.15, 0.2) is 24.3 Å². The lowest BCUT2D eigenvalue weighted by atomic mass is 9.68. The molecule has 3 rings (SSSR count). The molecule has 0 aliphatic heterocycles. The van der Waals surface area contributed by atoms with Crippen molar-refractivity contribution >= 4 is 5.78 Å². The number of hydrogen-bond donors (Lipinski definition) is 0. The minimum Gasteiger partial charge on any atom is -0.381 e. The first-order valence-corrected chi connectivity index (χ1v) is 8.89. The van der Waals surface area contributed by atoms with Gasteiger partial charge >= 0.3 is 0 Å². The zero-order valence-electron chi connectivity index (χ0n) is 13.9. The monoisotopic (exact) mass is 300 g/mol. The molecule has 22 heavy (non-hydrogen) atoms. The molecule has 2 heteroatoms. The minimum atomic E-state index is 0.176. The number of benzene rings is 1. The number of carbonyl (C=O) groups excluding carboxylic acids is 1. The van der Waals surface area contributed by atoms with Crippen molar-refractivity contribution < 1.29 is 9.53 Å². The lowest BCUT2D eigenvalue weighted by Gasteiger charge is -2.34. The largest absolute Gasteiger partial charge is 0.381 e. The molecule has 2 unspecified atom stereocenters. The Morgan fingerprint density at radius 3 is 2.23 bits per heavy atom. The predicted octanol–water partition coefficient (Wildman–Crippen LogP) is 4.83. The van der Waals surface area contributed by atoms with Crippen LogP contribution in [0, 0.1) is 5.92 Å². The van der Waals surface area contributed by atoms with Gasteiger partial charge in [-0.3, -0.25) is 4.79 Å². The molecule has 120 valence electrons. The molecule has 1 aromatic rings. The average molecular weight is 300 g/mol. The second-order valence-electron chi connectivity index (χ2n) is 7.05. The van der Waals surface area contributed by atoms with E-state index in [2.05, 4.69) is 31.2 Å². The van der Waals surface area contributed by atoms with Gasteiger partial charge in [-0.25, -0.2) is 0 Å². The molecule has 0 saturated heterocycles. The molecule has 0 radical (unpaired) electrons. The Morgan fingerprint density at radius 1 is 1.05 bits per heavy atom. The summed E-state index contributed by atoms with van der Waals surface area (Å²) in [4.78, 5) is 12.2. The van der Waals surface area contributed by atoms with Gasteiger partial charge in [0, 0.05) is 18.9 Å². The van der Waals surface area contributed by atoms with Crippen LogP contribution in [-0.4, -0.2) is 19.0 Å². The van der Waals surface area contributed by atoms with Gasteiger partial charge in [0.1, 0.15) is 5.78 Å². The molecular formula is C20H28O2. The zero-order valence-corrected chi connectivity index (χ0v) is 13.9. The summed E-state index contributed by atoms with van der Waals surface area (Å²) in [5.74, 6) is 1.65. The van der Waals surface area contributed by atoms with Crippen molar-refractivity contribution in [2.24, 2.45) is 5.92 Å². The van der Waals surface area contributed by atoms with E-state index >= 15 is 0 Å². The molecule has 2 aliphatic rings. The molecule has 2 aliphatic carbocycles. The van der Waals surface area contributed by atoms with E-state index in [0.717, 1.165) is 19.3 Å². The summed E-state index contributed by atoms with van der Waals surface area (Å²) in [7, 11) is 1.82. The summed E-state index contributed by atoms with van der Waals surface area (Å²) in [6.07, 6.45) is 8.48. The van der Waals surface area contributed by atoms with Crippen LogP contribution in [0.25, 0.3) is 0 Å². The van der Waals surface area contributed by atoms with Gasteiger partial charge in [-0.05, 0) is 55.6 Å². The smallest absolute Gasteiger partial charge is 0.143 e. The topological polar surface area (TPSA) is 26.3 Å². The van der Waals surface area contributed by atoms with E-state index in [1.54, 1.807) is 0 Å². The molecule has 0 aromatic heterocycles. The highest BCUT2D eigenvalue weighted by molar-refractivity contribution is 5.93. The van der Waals surface area contributed by atoms with Crippen molar-refractivity contribution in [3.63, 3.8) is 0 Å². The lowest BCUT2D eigenvalue weighted by Crippen LogP contribution is -2.35. The fourth-order valence-electron chi connectivity index (χ4n) is 4.18. The standard InChI is InChI=1S/C20H28O2/c1-3-4-17-13-19(20(17)21)16-7-5-14(6-8-16)15-9-11-18(22-2)12-10-15/h5-8,15,17-19H,3-4,9-13H2,1-2H3. The molecule has 2 nitrogen and oxygen atoms in total. The molecule has 0 spiro atoms. The number of ketones is 1. The summed E-state index contributed by atoms with van der Waals surface area (Å²) in [5.41, 5.74) is 2.67. The average Bonchev–Trinajstić information content (AvgIpc) is 2.58. The summed E-state index contributed by atoms with van der Waals surface area (Å²) in [5, 5.41) is 0. The third-order valence-corrected chi connectivity index (χ3v) is 5.72. The molecule has 0 amide bonds. The fourth-order valence-corrected chi connectivity index (χ4v) is 4.18. The fraction of sp³-hybridized carbons (Fsp3) is 0.650. The summed E-state index contributed by atoms with van der Waals surface area (Å²) < 4.78 is 5.45. The molecule has 2 fully saturated rings. The Labute approximate surface area is 134 Å². The van der Waals surface area contributed by atoms with E-state index in [1.165, 1.54) is 36.8 Å². The van der Waals surface area contributed by atoms with Crippen LogP contribution < -0.4 is 0 Å². The van der Waals surface area contributed by atoms with Gasteiger partial charge < -0.3 is 4.74 Å². The van der Waals surface area contributed by atoms with Crippen LogP contribution in [0.1, 0.15) is 74.8 Å². The number of carbonyl (C=O) groups is 1. The molecule has 2 atom stereocenters. The van der Waals surface area contributed by atoms with E-state index < -0.39 is 0 Å². The van der Waals surface area contributed by atoms with Gasteiger partial charge in [0.2, 0.25) is 0 Å². The molecule has 2 saturated carbocycles. The highest BCUT2D eigenvalue weighted by Gasteiger charge is 2.39. The minimum absolute atomic E-state index is 0.176. The van der Waals surface area contributed by atoms with Crippen molar-refractivity contribution in [1.82, 2.24) is 0 Å². The van der Waals surface area contributed by atoms with Crippen molar-refractivity contribution in [3.05, 3.63) is 35.4 Å². The SMILES string of the molecule is CCCC1CC(c2ccc(C3CCC(OC)CC3)cc2)C1=O. The Balaban J connectivity index is 1.58. The molecule has 0 heterocycles. The molecule has 0 bridgehead atoms. The summed E-state index contributed by atoms with van der Waals surface area (Å²) in [6, 6.07) is 8.91. The Morgan fingerprint density at radius 2 is 1.68 bits per heavy atom. The van der Waals surface area contributed by atoms with Crippen molar-refractivity contribution in [2.45, 2.75) is 69.8 Å². The molecule has 1 aromatic carbocycles. The van der Waals surface area contributed by atoms with Crippen LogP contribution >= 0.6 is 0 Å². The Kier molecular flexibility index (Phi) is 4.97. The van der Waals surface area contributed by atoms with Gasteiger partial charge in [0.25, 0.3) is 0 Å². The van der Waals surface area contributed by atoms with Crippen molar-refractivity contribution in [1.29, 1.82) is 0 Å². The second-order valence-corrected chi connectivity index (χ2v) is 7.05. The van der Waals surface area contributed by atoms with E-state index in [1.807, 2.05) is 7.11 Å². The highest BCUT2D eigenvalue weighted by Crippen LogP contribution is 2.41. The van der Waals surface area contributed by atoms with Gasteiger partial charge in [0.05, 0.1) is 6.10 Å². The summed E-state index contributed by atoms with van der Waals surface area (Å²) >= 11 is 0. The maximum Gasteiger partial charge on any atom is 0.143 e. The van der Waals surface area contributed by atoms with Gasteiger partial charge in [0.15, 0.2) is 0 Å². The van der Waals surface area contributed by atoms with Gasteiger partial charge in [-0.15, -0.1) is 0 Å². The van der Waals surface area contributed by atoms with Crippen LogP contribution in [0.2, 0.25) is 0 Å². The Hall–Kier alpha value is -1.15. The third kappa shape index (κ3) is 3.12.